The van der Waals surface area contributed by atoms with E-state index in [2.05, 4.69) is 14.5 Å². The Morgan fingerprint density at radius 3 is 1.79 bits per heavy atom. The molecular formula is C22H34N2O10. The molecule has 2 aliphatic rings. The van der Waals surface area contributed by atoms with Crippen molar-refractivity contribution in [3.05, 3.63) is 23.3 Å². The normalized spacial score (nSPS) is 17.8. The Morgan fingerprint density at radius 2 is 1.32 bits per heavy atom. The van der Waals surface area contributed by atoms with Gasteiger partial charge in [-0.05, 0) is 13.3 Å². The lowest BCUT2D eigenvalue weighted by molar-refractivity contribution is -0.139. The minimum Gasteiger partial charge on any atom is -0.478 e. The molecule has 34 heavy (non-hydrogen) atoms. The molecule has 2 heterocycles. The first-order valence-electron chi connectivity index (χ1n) is 10.9. The number of ether oxygens (including phenoxy) is 4. The minimum absolute atomic E-state index is 0.0241. The highest BCUT2D eigenvalue weighted by Crippen LogP contribution is 2.11. The van der Waals surface area contributed by atoms with Crippen LogP contribution in [0.5, 0.6) is 0 Å². The molecule has 0 atom stereocenters. The number of esters is 2. The van der Waals surface area contributed by atoms with E-state index in [1.165, 1.54) is 14.0 Å². The largest absolute Gasteiger partial charge is 0.478 e. The number of carbonyl (C=O) groups is 4. The molecule has 2 fully saturated rings. The van der Waals surface area contributed by atoms with Gasteiger partial charge in [0.1, 0.15) is 6.61 Å². The third-order valence-electron chi connectivity index (χ3n) is 5.13. The second-order valence-corrected chi connectivity index (χ2v) is 7.40. The van der Waals surface area contributed by atoms with Crippen molar-refractivity contribution in [3.8, 4) is 0 Å². The summed E-state index contributed by atoms with van der Waals surface area (Å²) in [6, 6.07) is 0. The number of carbonyl (C=O) groups excluding carboxylic acids is 2. The summed E-state index contributed by atoms with van der Waals surface area (Å²) in [6.45, 7) is 8.83. The molecule has 2 aliphatic heterocycles. The maximum atomic E-state index is 11.1. The van der Waals surface area contributed by atoms with Crippen LogP contribution < -0.4 is 0 Å². The van der Waals surface area contributed by atoms with Crippen molar-refractivity contribution >= 4 is 23.9 Å². The zero-order chi connectivity index (χ0) is 25.3. The molecule has 0 aliphatic carbocycles. The van der Waals surface area contributed by atoms with Gasteiger partial charge in [0.15, 0.2) is 0 Å². The average molecular weight is 487 g/mol. The second kappa shape index (κ2) is 16.8. The quantitative estimate of drug-likeness (QED) is 0.310. The molecule has 2 saturated heterocycles. The molecule has 0 amide bonds. The maximum Gasteiger partial charge on any atom is 0.332 e. The molecule has 2 N–H and O–H groups in total. The number of methoxy groups -OCH3 is 1. The Balaban J connectivity index is 0.000000340. The minimum atomic E-state index is -1.18. The fourth-order valence-corrected chi connectivity index (χ4v) is 3.03. The summed E-state index contributed by atoms with van der Waals surface area (Å²) in [7, 11) is 1.25. The number of nitrogens with zero attached hydrogens (tertiary/aromatic N) is 2. The van der Waals surface area contributed by atoms with Crippen LogP contribution in [0, 0.1) is 0 Å². The molecule has 2 rings (SSSR count). The van der Waals surface area contributed by atoms with Crippen LogP contribution >= 0.6 is 0 Å². The zero-order valence-corrected chi connectivity index (χ0v) is 19.7. The SMILES string of the molecule is CC(C(=O)O)=C(CCN1CCOCC1)C(=O)O.COC(=O)C=CC(=O)OCCN1CCOCC1. The molecule has 12 nitrogen and oxygen atoms in total. The van der Waals surface area contributed by atoms with Gasteiger partial charge in [0.2, 0.25) is 0 Å². The Hall–Kier alpha value is -2.80. The second-order valence-electron chi connectivity index (χ2n) is 7.40. The monoisotopic (exact) mass is 486 g/mol. The Bertz CT molecular complexity index is 738. The van der Waals surface area contributed by atoms with Gasteiger partial charge >= 0.3 is 23.9 Å². The smallest absolute Gasteiger partial charge is 0.332 e. The first-order chi connectivity index (χ1) is 16.2. The van der Waals surface area contributed by atoms with Gasteiger partial charge in [-0.3, -0.25) is 9.80 Å². The number of hydrogen-bond acceptors (Lipinski definition) is 10. The van der Waals surface area contributed by atoms with Crippen LogP contribution in [0.2, 0.25) is 0 Å². The molecular weight excluding hydrogens is 452 g/mol. The highest BCUT2D eigenvalue weighted by Gasteiger charge is 2.18. The lowest BCUT2D eigenvalue weighted by atomic mass is 10.1. The first kappa shape index (κ1) is 29.2. The first-order valence-corrected chi connectivity index (χ1v) is 10.9. The van der Waals surface area contributed by atoms with E-state index in [9.17, 15) is 19.2 Å². The molecule has 0 aromatic rings. The van der Waals surface area contributed by atoms with E-state index < -0.39 is 23.9 Å². The van der Waals surface area contributed by atoms with Crippen molar-refractivity contribution in [3.63, 3.8) is 0 Å². The highest BCUT2D eigenvalue weighted by atomic mass is 16.5. The van der Waals surface area contributed by atoms with E-state index in [0.717, 1.165) is 51.5 Å². The van der Waals surface area contributed by atoms with Gasteiger partial charge in [0, 0.05) is 62.6 Å². The van der Waals surface area contributed by atoms with Crippen LogP contribution in [-0.4, -0.2) is 123 Å². The summed E-state index contributed by atoms with van der Waals surface area (Å²) >= 11 is 0. The van der Waals surface area contributed by atoms with Crippen LogP contribution in [-0.2, 0) is 38.1 Å². The molecule has 0 bridgehead atoms. The van der Waals surface area contributed by atoms with Gasteiger partial charge in [0.05, 0.1) is 33.5 Å². The van der Waals surface area contributed by atoms with Crippen LogP contribution in [0.15, 0.2) is 23.3 Å². The van der Waals surface area contributed by atoms with Crippen molar-refractivity contribution in [1.29, 1.82) is 0 Å². The number of carboxylic acids is 2. The Labute approximate surface area is 198 Å². The van der Waals surface area contributed by atoms with Gasteiger partial charge < -0.3 is 29.2 Å². The number of morpholine rings is 2. The van der Waals surface area contributed by atoms with E-state index in [1.54, 1.807) is 0 Å². The third-order valence-corrected chi connectivity index (χ3v) is 5.13. The van der Waals surface area contributed by atoms with E-state index >= 15 is 0 Å². The van der Waals surface area contributed by atoms with Gasteiger partial charge in [-0.25, -0.2) is 19.2 Å². The van der Waals surface area contributed by atoms with Crippen molar-refractivity contribution in [1.82, 2.24) is 9.80 Å². The molecule has 0 radical (unpaired) electrons. The average Bonchev–Trinajstić information content (AvgIpc) is 2.84. The molecule has 192 valence electrons. The van der Waals surface area contributed by atoms with Crippen molar-refractivity contribution < 1.29 is 48.3 Å². The number of hydrogen-bond donors (Lipinski definition) is 2. The number of aliphatic carboxylic acids is 2. The standard InChI is InChI=1S/2C11H17NO5/c1-15-10(13)2-3-11(14)17-9-6-12-4-7-16-8-5-12;1-8(10(13)14)9(11(15)16)2-3-12-4-6-17-7-5-12/h2-3H,4-9H2,1H3;2-7H2,1H3,(H,13,14)(H,15,16). The summed E-state index contributed by atoms with van der Waals surface area (Å²) in [5.74, 6) is -3.44. The molecule has 0 saturated carbocycles. The van der Waals surface area contributed by atoms with E-state index in [1.807, 2.05) is 0 Å². The highest BCUT2D eigenvalue weighted by molar-refractivity contribution is 5.98. The van der Waals surface area contributed by atoms with Crippen LogP contribution in [0.3, 0.4) is 0 Å². The van der Waals surface area contributed by atoms with Crippen LogP contribution in [0.4, 0.5) is 0 Å². The molecule has 0 aromatic carbocycles. The summed E-state index contributed by atoms with van der Waals surface area (Å²) in [5.41, 5.74) is -0.116. The third kappa shape index (κ3) is 12.4. The van der Waals surface area contributed by atoms with E-state index in [0.29, 0.717) is 32.9 Å². The summed E-state index contributed by atoms with van der Waals surface area (Å²) in [4.78, 5) is 47.8. The van der Waals surface area contributed by atoms with Crippen LogP contribution in [0.25, 0.3) is 0 Å². The van der Waals surface area contributed by atoms with Crippen molar-refractivity contribution in [2.75, 3.05) is 79.4 Å². The Morgan fingerprint density at radius 1 is 0.824 bits per heavy atom. The number of carboxylic acid groups (broad SMARTS) is 2. The summed E-state index contributed by atoms with van der Waals surface area (Å²) in [5, 5.41) is 17.7. The zero-order valence-electron chi connectivity index (χ0n) is 19.7. The predicted octanol–water partition coefficient (Wildman–Crippen LogP) is -0.215. The maximum absolute atomic E-state index is 11.1. The number of rotatable bonds is 10. The summed E-state index contributed by atoms with van der Waals surface area (Å²) < 4.78 is 19.6. The van der Waals surface area contributed by atoms with E-state index in [-0.39, 0.29) is 17.6 Å². The summed E-state index contributed by atoms with van der Waals surface area (Å²) in [6.07, 6.45) is 2.34. The van der Waals surface area contributed by atoms with Crippen LogP contribution in [0.1, 0.15) is 13.3 Å². The van der Waals surface area contributed by atoms with Gasteiger partial charge in [-0.1, -0.05) is 0 Å². The Kier molecular flexibility index (Phi) is 14.4. The predicted molar refractivity (Wildman–Crippen MR) is 119 cm³/mol. The molecule has 0 spiro atoms. The van der Waals surface area contributed by atoms with Crippen molar-refractivity contribution in [2.45, 2.75) is 13.3 Å². The van der Waals surface area contributed by atoms with Gasteiger partial charge in [0.25, 0.3) is 0 Å². The fraction of sp³-hybridized carbons (Fsp3) is 0.636. The molecule has 0 aromatic heterocycles. The molecule has 0 unspecified atom stereocenters. The lowest BCUT2D eigenvalue weighted by Crippen LogP contribution is -2.38. The molecule has 12 heteroatoms. The lowest BCUT2D eigenvalue weighted by Gasteiger charge is -2.26. The fourth-order valence-electron chi connectivity index (χ4n) is 3.03. The van der Waals surface area contributed by atoms with Crippen molar-refractivity contribution in [2.24, 2.45) is 0 Å². The van der Waals surface area contributed by atoms with Gasteiger partial charge in [-0.2, -0.15) is 0 Å². The topological polar surface area (TPSA) is 152 Å². The van der Waals surface area contributed by atoms with E-state index in [4.69, 9.17) is 24.4 Å². The van der Waals surface area contributed by atoms with Gasteiger partial charge in [-0.15, -0.1) is 0 Å².